The molecule has 91 heavy (non-hydrogen) atoms. The quantitative estimate of drug-likeness (QED) is 0.0775. The maximum absolute atomic E-state index is 15.9. The highest BCUT2D eigenvalue weighted by molar-refractivity contribution is 8.77. The number of benzene rings is 6. The van der Waals surface area contributed by atoms with Crippen molar-refractivity contribution in [3.8, 4) is 45.4 Å². The van der Waals surface area contributed by atoms with Crippen LogP contribution in [-0.4, -0.2) is 89.6 Å². The fraction of sp³-hybridized carbons (Fsp3) is 0.500. The lowest BCUT2D eigenvalue weighted by Crippen LogP contribution is -2.49. The molecule has 2 saturated heterocycles. The number of rotatable bonds is 4. The van der Waals surface area contributed by atoms with E-state index >= 15 is 4.79 Å². The van der Waals surface area contributed by atoms with Crippen LogP contribution in [0.3, 0.4) is 0 Å². The molecule has 3 aliphatic carbocycles. The van der Waals surface area contributed by atoms with Crippen LogP contribution < -0.4 is 15.5 Å². The van der Waals surface area contributed by atoms with Crippen LogP contribution >= 0.6 is 64.8 Å². The lowest BCUT2D eigenvalue weighted by Gasteiger charge is -2.44. The number of phenols is 2. The first kappa shape index (κ1) is 61.7. The van der Waals surface area contributed by atoms with Crippen LogP contribution in [0.5, 0.6) is 23.0 Å². The third-order valence-electron chi connectivity index (χ3n) is 22.6. The molecule has 11 nitrogen and oxygen atoms in total. The second-order valence-corrected chi connectivity index (χ2v) is 36.2. The smallest absolute Gasteiger partial charge is 0.238 e. The molecule has 8 N–H and O–H groups in total. The summed E-state index contributed by atoms with van der Waals surface area (Å²) in [5.41, 5.74) is 12.5. The molecule has 11 atom stereocenters. The molecule has 7 aromatic rings. The molecule has 0 spiro atoms. The number of aliphatic hydroxyl groups is 4. The molecular weight excluding hydrogens is 1260 g/mol. The third-order valence-corrected chi connectivity index (χ3v) is 30.6. The summed E-state index contributed by atoms with van der Waals surface area (Å²) in [5, 5.41) is 93.9. The van der Waals surface area contributed by atoms with Crippen molar-refractivity contribution in [2.24, 2.45) is 29.6 Å². The summed E-state index contributed by atoms with van der Waals surface area (Å²) in [5.74, 6) is 3.14. The maximum atomic E-state index is 15.9. The minimum Gasteiger partial charge on any atom is -0.507 e. The first-order valence-corrected chi connectivity index (χ1v) is 40.6. The van der Waals surface area contributed by atoms with E-state index in [1.54, 1.807) is 32.4 Å². The average Bonchev–Trinajstić information content (AvgIpc) is 0.859. The fourth-order valence-electron chi connectivity index (χ4n) is 18.0. The van der Waals surface area contributed by atoms with Gasteiger partial charge in [-0.05, 0) is 222 Å². The Hall–Kier alpha value is -4.11. The van der Waals surface area contributed by atoms with Gasteiger partial charge in [-0.15, -0.1) is 0 Å². The van der Waals surface area contributed by atoms with Gasteiger partial charge < -0.3 is 50.2 Å². The average molecular weight is 1340 g/mol. The van der Waals surface area contributed by atoms with Gasteiger partial charge in [0.1, 0.15) is 34.3 Å². The molecule has 14 aliphatic rings. The molecule has 6 aromatic carbocycles. The number of ether oxygens (including phenoxy) is 1. The van der Waals surface area contributed by atoms with Gasteiger partial charge in [0.15, 0.2) is 5.76 Å². The van der Waals surface area contributed by atoms with E-state index in [1.165, 1.54) is 33.9 Å². The van der Waals surface area contributed by atoms with Crippen molar-refractivity contribution < 1.29 is 44.9 Å². The Morgan fingerprint density at radius 1 is 0.758 bits per heavy atom. The molecule has 478 valence electrons. The summed E-state index contributed by atoms with van der Waals surface area (Å²) in [6.45, 7) is 5.05. The Balaban J connectivity index is 0.923. The molecule has 22 bridgehead atoms. The topological polar surface area (TPSA) is 193 Å². The van der Waals surface area contributed by atoms with Gasteiger partial charge in [-0.2, -0.15) is 0 Å². The number of hydrogen-bond donors (Lipinski definition) is 8. The van der Waals surface area contributed by atoms with E-state index in [-0.39, 0.29) is 86.9 Å². The molecule has 11 unspecified atom stereocenters. The highest BCUT2D eigenvalue weighted by atomic mass is 33.1. The van der Waals surface area contributed by atoms with E-state index < -0.39 is 41.0 Å². The van der Waals surface area contributed by atoms with Gasteiger partial charge in [0.2, 0.25) is 11.2 Å². The predicted molar refractivity (Wildman–Crippen MR) is 375 cm³/mol. The highest BCUT2D eigenvalue weighted by Crippen LogP contribution is 2.62. The van der Waals surface area contributed by atoms with Crippen molar-refractivity contribution in [1.29, 1.82) is 0 Å². The summed E-state index contributed by atoms with van der Waals surface area (Å²) in [6.07, 6.45) is 7.40. The molecule has 0 amide bonds. The number of phenolic OH excluding ortho intramolecular Hbond substituents is 2. The summed E-state index contributed by atoms with van der Waals surface area (Å²) >= 11 is 0. The van der Waals surface area contributed by atoms with Crippen LogP contribution in [0.1, 0.15) is 168 Å². The van der Waals surface area contributed by atoms with Gasteiger partial charge in [-0.25, -0.2) is 0 Å². The van der Waals surface area contributed by atoms with Crippen molar-refractivity contribution >= 4 is 86.5 Å². The van der Waals surface area contributed by atoms with E-state index in [0.717, 1.165) is 114 Å². The van der Waals surface area contributed by atoms with Crippen molar-refractivity contribution in [2.75, 3.05) is 24.7 Å². The second-order valence-electron chi connectivity index (χ2n) is 28.5. The molecule has 11 aliphatic heterocycles. The van der Waals surface area contributed by atoms with E-state index in [9.17, 15) is 35.7 Å². The summed E-state index contributed by atoms with van der Waals surface area (Å²) < 4.78 is 14.2. The molecule has 1 aromatic heterocycles. The number of aliphatic hydroxyl groups excluding tert-OH is 3. The van der Waals surface area contributed by atoms with Crippen molar-refractivity contribution in [2.45, 2.75) is 174 Å². The molecule has 0 radical (unpaired) electrons. The molecule has 17 heteroatoms. The predicted octanol–water partition coefficient (Wildman–Crippen LogP) is 15.5. The van der Waals surface area contributed by atoms with Gasteiger partial charge in [0, 0.05) is 70.4 Å². The van der Waals surface area contributed by atoms with Crippen LogP contribution in [-0.2, 0) is 43.6 Å². The van der Waals surface area contributed by atoms with Crippen LogP contribution in [0.4, 0.5) is 0 Å². The summed E-state index contributed by atoms with van der Waals surface area (Å²) in [6, 6.07) is 26.2. The lowest BCUT2D eigenvalue weighted by atomic mass is 9.64. The minimum absolute atomic E-state index is 0.00143. The van der Waals surface area contributed by atoms with Crippen LogP contribution in [0.15, 0.2) is 82.0 Å². The third kappa shape index (κ3) is 11.0. The minimum atomic E-state index is -1.01. The van der Waals surface area contributed by atoms with E-state index in [1.807, 2.05) is 38.4 Å². The van der Waals surface area contributed by atoms with Crippen molar-refractivity contribution in [3.63, 3.8) is 0 Å². The van der Waals surface area contributed by atoms with Gasteiger partial charge in [0.25, 0.3) is 0 Å². The number of nitrogens with one attached hydrogen (secondary N) is 1. The largest absolute Gasteiger partial charge is 0.507 e. The Labute approximate surface area is 556 Å². The van der Waals surface area contributed by atoms with Crippen LogP contribution in [0, 0.1) is 29.6 Å². The number of hydrogen-bond acceptors (Lipinski definition) is 17. The summed E-state index contributed by atoms with van der Waals surface area (Å²) in [4.78, 5) is 15.9. The molecule has 1 saturated carbocycles. The highest BCUT2D eigenvalue weighted by Gasteiger charge is 2.48. The van der Waals surface area contributed by atoms with Crippen LogP contribution in [0.2, 0.25) is 0 Å². The maximum Gasteiger partial charge on any atom is 0.238 e. The van der Waals surface area contributed by atoms with E-state index in [2.05, 4.69) is 79.8 Å². The monoisotopic (exact) mass is 1340 g/mol. The zero-order valence-corrected chi connectivity index (χ0v) is 56.5. The van der Waals surface area contributed by atoms with Crippen molar-refractivity contribution in [1.82, 2.24) is 5.32 Å². The van der Waals surface area contributed by atoms with Crippen LogP contribution in [0.25, 0.3) is 44.2 Å². The SMILES string of the molecule is CC(C)Cc1cc2c3c(c1O)Cc1cccc(c1)C1NCC4Cc5ccc(c(c5)CSSCC4C1SSC3)CC1CCC(O)(CC1)CCC1Cc3ccc4c5c6c(cc(c35)C1CCO)-c1c(O)cc3oc-2c(O)c(=O)c3c1OC1CC6C(O)C4SSCCCC1O. The Bertz CT molecular complexity index is 4090. The van der Waals surface area contributed by atoms with Crippen molar-refractivity contribution in [3.05, 3.63) is 150 Å². The number of fused-ring (bicyclic) bond motifs is 7. The van der Waals surface area contributed by atoms with Gasteiger partial charge in [-0.1, -0.05) is 133 Å². The Morgan fingerprint density at radius 3 is 2.45 bits per heavy atom. The molecule has 21 rings (SSSR count). The molecule has 3 fully saturated rings. The zero-order chi connectivity index (χ0) is 62.1. The zero-order valence-electron chi connectivity index (χ0n) is 51.6. The summed E-state index contributed by atoms with van der Waals surface area (Å²) in [7, 11) is 11.0. The van der Waals surface area contributed by atoms with Gasteiger partial charge in [-0.3, -0.25) is 4.79 Å². The number of piperidine rings is 1. The fourth-order valence-corrected chi connectivity index (χ4v) is 26.9. The first-order chi connectivity index (χ1) is 44.2. The van der Waals surface area contributed by atoms with E-state index in [4.69, 9.17) is 9.15 Å². The Morgan fingerprint density at radius 2 is 1.60 bits per heavy atom. The van der Waals surface area contributed by atoms with E-state index in [0.29, 0.717) is 84.3 Å². The number of aromatic hydroxyl groups is 3. The van der Waals surface area contributed by atoms with Gasteiger partial charge in [0.05, 0.1) is 28.6 Å². The molecular formula is C74H81NO10S6. The first-order valence-electron chi connectivity index (χ1n) is 33.3. The van der Waals surface area contributed by atoms with Gasteiger partial charge >= 0.3 is 0 Å². The second kappa shape index (κ2) is 24.8. The normalized spacial score (nSPS) is 30.2. The Kier molecular flexibility index (Phi) is 16.8. The standard InChI is InChI=1S/C74H81NO10S6/c1-36(2)21-44-28-51-55-35-89-90-72-54-34-88-87-33-46-25-39(24-45(54)32-75-65(72)43-6-3-5-38(23-43)26-50(55)66(44)79)8-9-40(46)22-37-12-16-74(83,17-13-37)18-14-41-27-42-10-11-48-63-60(42)49(47(41)15-19-76)29-52-61(63)53-30-58(56(77)7-4-20-86-91-73(48)67(53)80)84-71-62(52)57(78)31-59-64(71)68(81)69(82)70(51)85-59/h3,5-6,8-11,23,25,28-29,31,36-37,41,45,47,53-54,56,58,65,67,72-73,75-80,82-83H,4,7,12-22,24,26-27,30,32-35H2,1-2H3. The lowest BCUT2D eigenvalue weighted by molar-refractivity contribution is -0.0222. The molecule has 12 heterocycles.